The number of aryl methyl sites for hydroxylation is 1. The molecule has 4 rings (SSSR count). The van der Waals surface area contributed by atoms with Crippen LogP contribution in [0.25, 0.3) is 0 Å². The van der Waals surface area contributed by atoms with E-state index >= 15 is 0 Å². The molecule has 1 N–H and O–H groups in total. The summed E-state index contributed by atoms with van der Waals surface area (Å²) in [5, 5.41) is 3.39. The summed E-state index contributed by atoms with van der Waals surface area (Å²) in [6.07, 6.45) is 5.65. The summed E-state index contributed by atoms with van der Waals surface area (Å²) in [6, 6.07) is 8.57. The van der Waals surface area contributed by atoms with Crippen LogP contribution in [0.5, 0.6) is 0 Å². The third-order valence-corrected chi connectivity index (χ3v) is 5.79. The third kappa shape index (κ3) is 2.38. The fourth-order valence-corrected chi connectivity index (χ4v) is 4.65. The Morgan fingerprint density at radius 1 is 1.19 bits per heavy atom. The van der Waals surface area contributed by atoms with Crippen LogP contribution in [0.3, 0.4) is 0 Å². The minimum absolute atomic E-state index is 0.0808. The van der Waals surface area contributed by atoms with Gasteiger partial charge in [-0.2, -0.15) is 0 Å². The number of amides is 1. The zero-order valence-electron chi connectivity index (χ0n) is 12.7. The Bertz CT molecular complexity index is 539. The zero-order valence-corrected chi connectivity index (χ0v) is 12.7. The van der Waals surface area contributed by atoms with Crippen LogP contribution >= 0.6 is 0 Å². The van der Waals surface area contributed by atoms with Crippen molar-refractivity contribution in [2.75, 3.05) is 13.1 Å². The summed E-state index contributed by atoms with van der Waals surface area (Å²) in [6.45, 7) is 3.54. The fraction of sp³-hybridized carbons (Fsp3) is 0.611. The van der Waals surface area contributed by atoms with Gasteiger partial charge in [-0.05, 0) is 49.5 Å². The largest absolute Gasteiger partial charge is 0.322 e. The molecule has 2 aliphatic carbocycles. The van der Waals surface area contributed by atoms with Crippen LogP contribution in [0.4, 0.5) is 0 Å². The minimum atomic E-state index is 0.0808. The van der Waals surface area contributed by atoms with E-state index in [1.807, 2.05) is 0 Å². The lowest BCUT2D eigenvalue weighted by Gasteiger charge is -2.31. The SMILES string of the molecule is Cc1ccc(C2NCC(=O)N2CC2CC3CCC2C3)cc1. The van der Waals surface area contributed by atoms with E-state index in [1.165, 1.54) is 36.8 Å². The first kappa shape index (κ1) is 13.3. The Kier molecular flexibility index (Phi) is 3.26. The van der Waals surface area contributed by atoms with Gasteiger partial charge in [0, 0.05) is 6.54 Å². The van der Waals surface area contributed by atoms with Crippen molar-refractivity contribution in [2.24, 2.45) is 17.8 Å². The van der Waals surface area contributed by atoms with E-state index in [0.717, 1.165) is 24.3 Å². The second-order valence-corrected chi connectivity index (χ2v) is 7.18. The number of carbonyl (C=O) groups excluding carboxylic acids is 1. The number of nitrogens with zero attached hydrogens (tertiary/aromatic N) is 1. The van der Waals surface area contributed by atoms with Crippen molar-refractivity contribution < 1.29 is 4.79 Å². The van der Waals surface area contributed by atoms with E-state index in [2.05, 4.69) is 41.4 Å². The second kappa shape index (κ2) is 5.13. The number of hydrogen-bond acceptors (Lipinski definition) is 2. The van der Waals surface area contributed by atoms with Gasteiger partial charge in [-0.25, -0.2) is 0 Å². The van der Waals surface area contributed by atoms with Crippen LogP contribution in [0.2, 0.25) is 0 Å². The van der Waals surface area contributed by atoms with E-state index in [4.69, 9.17) is 0 Å². The predicted octanol–water partition coefficient (Wildman–Crippen LogP) is 2.86. The summed E-state index contributed by atoms with van der Waals surface area (Å²) < 4.78 is 0. The van der Waals surface area contributed by atoms with Crippen LogP contribution in [0.15, 0.2) is 24.3 Å². The molecule has 3 fully saturated rings. The summed E-state index contributed by atoms with van der Waals surface area (Å²) in [4.78, 5) is 14.4. The molecule has 1 aromatic carbocycles. The van der Waals surface area contributed by atoms with Crippen molar-refractivity contribution >= 4 is 5.91 Å². The standard InChI is InChI=1S/C18H24N2O/c1-12-2-5-14(6-3-12)18-19-10-17(21)20(18)11-16-9-13-4-7-15(16)8-13/h2-3,5-6,13,15-16,18-19H,4,7-11H2,1H3. The molecule has 21 heavy (non-hydrogen) atoms. The first-order valence-corrected chi connectivity index (χ1v) is 8.30. The maximum Gasteiger partial charge on any atom is 0.238 e. The maximum atomic E-state index is 12.3. The molecule has 4 atom stereocenters. The van der Waals surface area contributed by atoms with E-state index < -0.39 is 0 Å². The lowest BCUT2D eigenvalue weighted by atomic mass is 9.88. The molecule has 1 saturated heterocycles. The van der Waals surface area contributed by atoms with Crippen LogP contribution in [-0.4, -0.2) is 23.9 Å². The average molecular weight is 284 g/mol. The van der Waals surface area contributed by atoms with E-state index in [1.54, 1.807) is 0 Å². The smallest absolute Gasteiger partial charge is 0.238 e. The molecule has 3 aliphatic rings. The quantitative estimate of drug-likeness (QED) is 0.925. The molecule has 1 heterocycles. The molecular formula is C18H24N2O. The van der Waals surface area contributed by atoms with E-state index in [0.29, 0.717) is 6.54 Å². The molecule has 2 saturated carbocycles. The molecule has 3 nitrogen and oxygen atoms in total. The Morgan fingerprint density at radius 2 is 2.00 bits per heavy atom. The van der Waals surface area contributed by atoms with Gasteiger partial charge in [0.05, 0.1) is 6.54 Å². The van der Waals surface area contributed by atoms with Crippen LogP contribution in [-0.2, 0) is 4.79 Å². The van der Waals surface area contributed by atoms with E-state index in [9.17, 15) is 4.79 Å². The number of benzene rings is 1. The number of fused-ring (bicyclic) bond motifs is 2. The van der Waals surface area contributed by atoms with Crippen molar-refractivity contribution in [3.8, 4) is 0 Å². The monoisotopic (exact) mass is 284 g/mol. The lowest BCUT2D eigenvalue weighted by Crippen LogP contribution is -2.36. The highest BCUT2D eigenvalue weighted by Crippen LogP contribution is 2.49. The van der Waals surface area contributed by atoms with Gasteiger partial charge >= 0.3 is 0 Å². The van der Waals surface area contributed by atoms with Gasteiger partial charge in [0.15, 0.2) is 0 Å². The summed E-state index contributed by atoms with van der Waals surface area (Å²) >= 11 is 0. The summed E-state index contributed by atoms with van der Waals surface area (Å²) in [7, 11) is 0. The lowest BCUT2D eigenvalue weighted by molar-refractivity contribution is -0.128. The molecule has 2 bridgehead atoms. The van der Waals surface area contributed by atoms with Crippen molar-refractivity contribution in [2.45, 2.75) is 38.8 Å². The number of carbonyl (C=O) groups is 1. The van der Waals surface area contributed by atoms with Gasteiger partial charge in [0.25, 0.3) is 0 Å². The molecule has 1 amide bonds. The molecule has 4 unspecified atom stereocenters. The number of nitrogens with one attached hydrogen (secondary N) is 1. The van der Waals surface area contributed by atoms with Gasteiger partial charge in [0.1, 0.15) is 6.17 Å². The Labute approximate surface area is 126 Å². The van der Waals surface area contributed by atoms with Gasteiger partial charge in [-0.1, -0.05) is 36.2 Å². The summed E-state index contributed by atoms with van der Waals surface area (Å²) in [5.74, 6) is 2.83. The van der Waals surface area contributed by atoms with Crippen molar-refractivity contribution in [3.63, 3.8) is 0 Å². The number of hydrogen-bond donors (Lipinski definition) is 1. The van der Waals surface area contributed by atoms with Gasteiger partial charge < -0.3 is 4.90 Å². The first-order chi connectivity index (χ1) is 10.2. The van der Waals surface area contributed by atoms with Crippen molar-refractivity contribution in [3.05, 3.63) is 35.4 Å². The Morgan fingerprint density at radius 3 is 2.67 bits per heavy atom. The van der Waals surface area contributed by atoms with Gasteiger partial charge in [-0.3, -0.25) is 10.1 Å². The molecule has 0 spiro atoms. The average Bonchev–Trinajstić information content (AvgIpc) is 3.18. The zero-order chi connectivity index (χ0) is 14.4. The normalized spacial score (nSPS) is 34.9. The molecule has 0 aromatic heterocycles. The first-order valence-electron chi connectivity index (χ1n) is 8.30. The Balaban J connectivity index is 1.51. The van der Waals surface area contributed by atoms with Gasteiger partial charge in [0.2, 0.25) is 5.91 Å². The van der Waals surface area contributed by atoms with Crippen molar-refractivity contribution in [1.29, 1.82) is 0 Å². The molecule has 0 radical (unpaired) electrons. The topological polar surface area (TPSA) is 32.3 Å². The van der Waals surface area contributed by atoms with Crippen LogP contribution < -0.4 is 5.32 Å². The predicted molar refractivity (Wildman–Crippen MR) is 82.6 cm³/mol. The van der Waals surface area contributed by atoms with E-state index in [-0.39, 0.29) is 12.1 Å². The number of rotatable bonds is 3. The molecule has 3 heteroatoms. The highest BCUT2D eigenvalue weighted by atomic mass is 16.2. The molecular weight excluding hydrogens is 260 g/mol. The maximum absolute atomic E-state index is 12.3. The third-order valence-electron chi connectivity index (χ3n) is 5.79. The molecule has 112 valence electrons. The van der Waals surface area contributed by atoms with Crippen LogP contribution in [0.1, 0.15) is 43.0 Å². The highest BCUT2D eigenvalue weighted by Gasteiger charge is 2.42. The summed E-state index contributed by atoms with van der Waals surface area (Å²) in [5.41, 5.74) is 2.48. The van der Waals surface area contributed by atoms with Gasteiger partial charge in [-0.15, -0.1) is 0 Å². The van der Waals surface area contributed by atoms with Crippen molar-refractivity contribution in [1.82, 2.24) is 10.2 Å². The molecule has 1 aliphatic heterocycles. The fourth-order valence-electron chi connectivity index (χ4n) is 4.65. The minimum Gasteiger partial charge on any atom is -0.322 e. The van der Waals surface area contributed by atoms with Crippen LogP contribution in [0, 0.1) is 24.7 Å². The highest BCUT2D eigenvalue weighted by molar-refractivity contribution is 5.81. The molecule has 1 aromatic rings. The Hall–Kier alpha value is -1.35. The second-order valence-electron chi connectivity index (χ2n) is 7.18.